The van der Waals surface area contributed by atoms with E-state index in [1.807, 2.05) is 0 Å². The van der Waals surface area contributed by atoms with Gasteiger partial charge in [0.1, 0.15) is 5.15 Å². The van der Waals surface area contributed by atoms with Crippen molar-refractivity contribution in [2.75, 3.05) is 17.6 Å². The first-order chi connectivity index (χ1) is 10.0. The largest absolute Gasteiger partial charge is 0.324 e. The van der Waals surface area contributed by atoms with Crippen LogP contribution < -0.4 is 4.31 Å². The Morgan fingerprint density at radius 2 is 1.68 bits per heavy atom. The third-order valence-corrected chi connectivity index (χ3v) is 6.47. The summed E-state index contributed by atoms with van der Waals surface area (Å²) < 4.78 is 50.2. The summed E-state index contributed by atoms with van der Waals surface area (Å²) in [5.41, 5.74) is 0.300. The van der Waals surface area contributed by atoms with Gasteiger partial charge in [-0.15, -0.1) is 0 Å². The molecule has 0 N–H and O–H groups in total. The predicted molar refractivity (Wildman–Crippen MR) is 83.4 cm³/mol. The molecule has 0 fully saturated rings. The van der Waals surface area contributed by atoms with Gasteiger partial charge in [-0.3, -0.25) is 4.31 Å². The summed E-state index contributed by atoms with van der Waals surface area (Å²) in [5.74, 6) is 0. The summed E-state index contributed by atoms with van der Waals surface area (Å²) in [6, 6.07) is 5.50. The van der Waals surface area contributed by atoms with Crippen molar-refractivity contribution in [2.24, 2.45) is 7.05 Å². The number of sulfonamides is 1. The lowest BCUT2D eigenvalue weighted by atomic mass is 10.3. The summed E-state index contributed by atoms with van der Waals surface area (Å²) in [6.45, 7) is 0. The van der Waals surface area contributed by atoms with Crippen LogP contribution in [0.1, 0.15) is 0 Å². The minimum atomic E-state index is -3.93. The van der Waals surface area contributed by atoms with Crippen LogP contribution in [0.4, 0.5) is 5.69 Å². The second kappa shape index (κ2) is 5.56. The molecule has 0 aliphatic rings. The number of benzene rings is 1. The smallest absolute Gasteiger partial charge is 0.284 e. The number of halogens is 1. The van der Waals surface area contributed by atoms with Crippen molar-refractivity contribution in [1.29, 1.82) is 0 Å². The molecule has 0 amide bonds. The van der Waals surface area contributed by atoms with E-state index in [4.69, 9.17) is 11.6 Å². The Hall–Kier alpha value is -1.58. The maximum absolute atomic E-state index is 12.5. The molecule has 0 atom stereocenters. The third-order valence-electron chi connectivity index (χ3n) is 3.07. The number of nitrogens with zero attached hydrogens (tertiary/aromatic N) is 3. The van der Waals surface area contributed by atoms with Gasteiger partial charge in [-0.2, -0.15) is 8.42 Å². The van der Waals surface area contributed by atoms with Gasteiger partial charge in [-0.1, -0.05) is 11.6 Å². The normalized spacial score (nSPS) is 12.4. The van der Waals surface area contributed by atoms with Gasteiger partial charge in [-0.05, 0) is 24.3 Å². The highest BCUT2D eigenvalue weighted by Crippen LogP contribution is 2.26. The van der Waals surface area contributed by atoms with E-state index in [0.29, 0.717) is 5.69 Å². The summed E-state index contributed by atoms with van der Waals surface area (Å²) in [7, 11) is -4.35. The zero-order valence-corrected chi connectivity index (χ0v) is 14.4. The van der Waals surface area contributed by atoms with Crippen LogP contribution in [0.2, 0.25) is 5.15 Å². The number of aryl methyl sites for hydroxylation is 1. The molecule has 0 spiro atoms. The lowest BCUT2D eigenvalue weighted by Crippen LogP contribution is -2.27. The fraction of sp³-hybridized carbons (Fsp3) is 0.250. The summed E-state index contributed by atoms with van der Waals surface area (Å²) in [6.07, 6.45) is 2.38. The van der Waals surface area contributed by atoms with E-state index >= 15 is 0 Å². The van der Waals surface area contributed by atoms with Gasteiger partial charge in [0.15, 0.2) is 9.84 Å². The molecule has 0 saturated heterocycles. The van der Waals surface area contributed by atoms with E-state index in [9.17, 15) is 16.8 Å². The van der Waals surface area contributed by atoms with E-state index in [0.717, 1.165) is 10.6 Å². The van der Waals surface area contributed by atoms with E-state index in [2.05, 4.69) is 4.98 Å². The number of anilines is 1. The Morgan fingerprint density at radius 1 is 1.14 bits per heavy atom. The molecule has 22 heavy (non-hydrogen) atoms. The number of sulfone groups is 1. The van der Waals surface area contributed by atoms with Gasteiger partial charge in [0.05, 0.1) is 16.9 Å². The van der Waals surface area contributed by atoms with Crippen molar-refractivity contribution in [3.8, 4) is 0 Å². The Bertz CT molecular complexity index is 902. The number of rotatable bonds is 4. The maximum atomic E-state index is 12.5. The second-order valence-electron chi connectivity index (χ2n) is 4.69. The fourth-order valence-corrected chi connectivity index (χ4v) is 3.95. The van der Waals surface area contributed by atoms with Crippen LogP contribution in [0.5, 0.6) is 0 Å². The first-order valence-electron chi connectivity index (χ1n) is 6.01. The molecule has 0 unspecified atom stereocenters. The van der Waals surface area contributed by atoms with Crippen LogP contribution in [0.25, 0.3) is 0 Å². The van der Waals surface area contributed by atoms with Crippen molar-refractivity contribution in [3.63, 3.8) is 0 Å². The minimum Gasteiger partial charge on any atom is -0.324 e. The predicted octanol–water partition coefficient (Wildman–Crippen LogP) is 1.30. The Kier molecular flexibility index (Phi) is 4.24. The molecule has 0 aliphatic heterocycles. The van der Waals surface area contributed by atoms with Gasteiger partial charge in [0.25, 0.3) is 10.0 Å². The summed E-state index contributed by atoms with van der Waals surface area (Å²) in [5, 5.41) is -0.258. The Morgan fingerprint density at radius 3 is 2.09 bits per heavy atom. The van der Waals surface area contributed by atoms with Crippen molar-refractivity contribution < 1.29 is 16.8 Å². The fourth-order valence-electron chi connectivity index (χ4n) is 1.74. The monoisotopic (exact) mass is 363 g/mol. The van der Waals surface area contributed by atoms with Crippen LogP contribution in [-0.2, 0) is 26.9 Å². The molecule has 0 radical (unpaired) electrons. The van der Waals surface area contributed by atoms with E-state index in [-0.39, 0.29) is 15.1 Å². The van der Waals surface area contributed by atoms with Gasteiger partial charge >= 0.3 is 0 Å². The quantitative estimate of drug-likeness (QED) is 0.816. The maximum Gasteiger partial charge on any atom is 0.284 e. The Balaban J connectivity index is 2.43. The van der Waals surface area contributed by atoms with Crippen LogP contribution in [0.3, 0.4) is 0 Å². The molecule has 1 aromatic carbocycles. The number of imidazole rings is 1. The highest BCUT2D eigenvalue weighted by atomic mass is 35.5. The Labute approximate surface area is 134 Å². The standard InChI is InChI=1S/C12H14ClN3O4S2/c1-15-8-14-12(11(15)13)22(19,20)16(2)9-4-6-10(7-5-9)21(3,17)18/h4-8H,1-3H3. The van der Waals surface area contributed by atoms with Gasteiger partial charge < -0.3 is 4.57 Å². The molecule has 1 heterocycles. The lowest BCUT2D eigenvalue weighted by molar-refractivity contribution is 0.591. The first kappa shape index (κ1) is 16.8. The molecule has 120 valence electrons. The lowest BCUT2D eigenvalue weighted by Gasteiger charge is -2.18. The van der Waals surface area contributed by atoms with Crippen LogP contribution in [0.15, 0.2) is 40.5 Å². The molecule has 7 nitrogen and oxygen atoms in total. The molecule has 1 aromatic heterocycles. The van der Waals surface area contributed by atoms with E-state index < -0.39 is 19.9 Å². The minimum absolute atomic E-state index is 0.000365. The zero-order valence-electron chi connectivity index (χ0n) is 12.1. The van der Waals surface area contributed by atoms with E-state index in [1.165, 1.54) is 42.2 Å². The van der Waals surface area contributed by atoms with Crippen LogP contribution in [0, 0.1) is 0 Å². The van der Waals surface area contributed by atoms with Crippen LogP contribution in [-0.4, -0.2) is 39.7 Å². The van der Waals surface area contributed by atoms with Gasteiger partial charge in [0, 0.05) is 20.4 Å². The number of hydrogen-bond donors (Lipinski definition) is 0. The molecule has 0 bridgehead atoms. The topological polar surface area (TPSA) is 89.3 Å². The average Bonchev–Trinajstić information content (AvgIpc) is 2.78. The second-order valence-corrected chi connectivity index (χ2v) is 8.95. The molecule has 10 heteroatoms. The van der Waals surface area contributed by atoms with Gasteiger partial charge in [0.2, 0.25) is 5.03 Å². The van der Waals surface area contributed by atoms with Crippen molar-refractivity contribution in [3.05, 3.63) is 35.7 Å². The summed E-state index contributed by atoms with van der Waals surface area (Å²) >= 11 is 5.93. The van der Waals surface area contributed by atoms with Crippen molar-refractivity contribution in [2.45, 2.75) is 9.92 Å². The third kappa shape index (κ3) is 2.96. The zero-order chi connectivity index (χ0) is 16.7. The molecule has 0 saturated carbocycles. The number of hydrogen-bond acceptors (Lipinski definition) is 5. The molecule has 2 rings (SSSR count). The number of aromatic nitrogens is 2. The van der Waals surface area contributed by atoms with Crippen molar-refractivity contribution in [1.82, 2.24) is 9.55 Å². The van der Waals surface area contributed by atoms with Crippen molar-refractivity contribution >= 4 is 37.1 Å². The van der Waals surface area contributed by atoms with Crippen LogP contribution >= 0.6 is 11.6 Å². The van der Waals surface area contributed by atoms with E-state index in [1.54, 1.807) is 7.05 Å². The molecule has 2 aromatic rings. The first-order valence-corrected chi connectivity index (χ1v) is 9.72. The SMILES string of the molecule is CN(c1ccc(S(C)(=O)=O)cc1)S(=O)(=O)c1ncn(C)c1Cl. The van der Waals surface area contributed by atoms with Gasteiger partial charge in [-0.25, -0.2) is 13.4 Å². The molecule has 0 aliphatic carbocycles. The molecular weight excluding hydrogens is 350 g/mol. The molecular formula is C12H14ClN3O4S2. The highest BCUT2D eigenvalue weighted by Gasteiger charge is 2.27. The average molecular weight is 364 g/mol. The summed E-state index contributed by atoms with van der Waals surface area (Å²) in [4.78, 5) is 3.91. The highest BCUT2D eigenvalue weighted by molar-refractivity contribution is 7.92.